The number of nitrogens with one attached hydrogen (secondary N) is 2. The molecule has 0 aliphatic heterocycles. The van der Waals surface area contributed by atoms with Crippen LogP contribution >= 0.6 is 28.1 Å². The van der Waals surface area contributed by atoms with E-state index < -0.39 is 0 Å². The molecule has 0 saturated carbocycles. The van der Waals surface area contributed by atoms with Crippen LogP contribution in [0.3, 0.4) is 0 Å². The van der Waals surface area contributed by atoms with Crippen LogP contribution < -0.4 is 15.5 Å². The summed E-state index contributed by atoms with van der Waals surface area (Å²) < 4.78 is 5.61. The minimum atomic E-state index is 0.0502. The molecule has 0 atom stereocenters. The van der Waals surface area contributed by atoms with Gasteiger partial charge in [0, 0.05) is 5.69 Å². The monoisotopic (exact) mass is 393 g/mol. The summed E-state index contributed by atoms with van der Waals surface area (Å²) in [4.78, 5) is 0. The Morgan fingerprint density at radius 3 is 2.65 bits per heavy atom. The van der Waals surface area contributed by atoms with Gasteiger partial charge in [0.05, 0.1) is 17.8 Å². The molecule has 0 fully saturated rings. The van der Waals surface area contributed by atoms with E-state index in [1.165, 1.54) is 12.7 Å². The van der Waals surface area contributed by atoms with E-state index in [1.54, 1.807) is 18.3 Å². The van der Waals surface area contributed by atoms with Crippen molar-refractivity contribution in [3.63, 3.8) is 0 Å². The molecule has 0 amide bonds. The molecule has 7 heteroatoms. The summed E-state index contributed by atoms with van der Waals surface area (Å²) in [6.07, 6.45) is 1.58. The molecular formula is C16H16BrN3O2S. The highest BCUT2D eigenvalue weighted by Gasteiger charge is 2.07. The Hall–Kier alpha value is -2.12. The molecule has 23 heavy (non-hydrogen) atoms. The molecule has 0 heterocycles. The molecule has 3 N–H and O–H groups in total. The summed E-state index contributed by atoms with van der Waals surface area (Å²) in [5.41, 5.74) is 5.55. The lowest BCUT2D eigenvalue weighted by atomic mass is 10.2. The summed E-state index contributed by atoms with van der Waals surface area (Å²) in [6, 6.07) is 11.3. The Balaban J connectivity index is 1.97. The molecule has 0 bridgehead atoms. The van der Waals surface area contributed by atoms with E-state index in [2.05, 4.69) is 31.8 Å². The van der Waals surface area contributed by atoms with Gasteiger partial charge >= 0.3 is 0 Å². The van der Waals surface area contributed by atoms with Crippen molar-refractivity contribution in [1.82, 2.24) is 5.43 Å². The molecule has 2 rings (SSSR count). The van der Waals surface area contributed by atoms with E-state index in [4.69, 9.17) is 17.0 Å². The molecule has 2 aromatic rings. The molecule has 0 radical (unpaired) electrons. The second-order valence-electron chi connectivity index (χ2n) is 4.74. The van der Waals surface area contributed by atoms with Crippen molar-refractivity contribution in [2.45, 2.75) is 6.92 Å². The van der Waals surface area contributed by atoms with Gasteiger partial charge in [0.2, 0.25) is 0 Å². The number of benzene rings is 2. The molecular weight excluding hydrogens is 378 g/mol. The number of aryl methyl sites for hydroxylation is 1. The SMILES string of the molecule is COc1cc(/C=N/NC(=S)Nc2ccc(C)cc2)cc(Br)c1O. The van der Waals surface area contributed by atoms with Crippen molar-refractivity contribution in [1.29, 1.82) is 0 Å². The van der Waals surface area contributed by atoms with Crippen LogP contribution in [0.5, 0.6) is 11.5 Å². The Bertz CT molecular complexity index is 733. The zero-order valence-electron chi connectivity index (χ0n) is 12.6. The maximum Gasteiger partial charge on any atom is 0.191 e. The topological polar surface area (TPSA) is 65.9 Å². The summed E-state index contributed by atoms with van der Waals surface area (Å²) in [5, 5.41) is 17.2. The molecule has 5 nitrogen and oxygen atoms in total. The Labute approximate surface area is 148 Å². The number of nitrogens with zero attached hydrogens (tertiary/aromatic N) is 1. The van der Waals surface area contributed by atoms with Gasteiger partial charge in [-0.15, -0.1) is 0 Å². The lowest BCUT2D eigenvalue weighted by Crippen LogP contribution is -2.23. The van der Waals surface area contributed by atoms with Gasteiger partial charge in [-0.2, -0.15) is 5.10 Å². The number of ether oxygens (including phenoxy) is 1. The quantitative estimate of drug-likeness (QED) is 0.418. The van der Waals surface area contributed by atoms with E-state index >= 15 is 0 Å². The zero-order valence-corrected chi connectivity index (χ0v) is 15.0. The highest BCUT2D eigenvalue weighted by atomic mass is 79.9. The van der Waals surface area contributed by atoms with E-state index in [9.17, 15) is 5.11 Å². The molecule has 0 aliphatic carbocycles. The van der Waals surface area contributed by atoms with Crippen LogP contribution in [-0.4, -0.2) is 23.5 Å². The van der Waals surface area contributed by atoms with Gasteiger partial charge < -0.3 is 15.2 Å². The standard InChI is InChI=1S/C16H16BrN3O2S/c1-10-3-5-12(6-4-10)19-16(23)20-18-9-11-7-13(17)15(21)14(8-11)22-2/h3-9,21H,1-2H3,(H2,19,20,23)/b18-9+. The van der Waals surface area contributed by atoms with Crippen molar-refractivity contribution < 1.29 is 9.84 Å². The number of phenols is 1. The molecule has 0 unspecified atom stereocenters. The van der Waals surface area contributed by atoms with E-state index in [0.717, 1.165) is 11.3 Å². The summed E-state index contributed by atoms with van der Waals surface area (Å²) in [6.45, 7) is 2.02. The summed E-state index contributed by atoms with van der Waals surface area (Å²) in [7, 11) is 1.49. The first-order valence-electron chi connectivity index (χ1n) is 6.73. The van der Waals surface area contributed by atoms with Crippen molar-refractivity contribution in [2.24, 2.45) is 5.10 Å². The lowest BCUT2D eigenvalue weighted by molar-refractivity contribution is 0.372. The van der Waals surface area contributed by atoms with Crippen LogP contribution in [0.15, 0.2) is 46.0 Å². The molecule has 120 valence electrons. The van der Waals surface area contributed by atoms with Gasteiger partial charge in [0.25, 0.3) is 0 Å². The molecule has 0 spiro atoms. The fraction of sp³-hybridized carbons (Fsp3) is 0.125. The van der Waals surface area contributed by atoms with Crippen LogP contribution in [0.1, 0.15) is 11.1 Å². The third kappa shape index (κ3) is 4.94. The largest absolute Gasteiger partial charge is 0.503 e. The predicted molar refractivity (Wildman–Crippen MR) is 100 cm³/mol. The maximum absolute atomic E-state index is 9.76. The van der Waals surface area contributed by atoms with Crippen molar-refractivity contribution >= 4 is 45.2 Å². The first-order chi connectivity index (χ1) is 11.0. The van der Waals surface area contributed by atoms with Crippen LogP contribution in [0, 0.1) is 6.92 Å². The number of hydrazone groups is 1. The molecule has 0 aliphatic rings. The smallest absolute Gasteiger partial charge is 0.191 e. The van der Waals surface area contributed by atoms with Gasteiger partial charge in [-0.05, 0) is 64.9 Å². The van der Waals surface area contributed by atoms with Gasteiger partial charge in [-0.25, -0.2) is 0 Å². The number of hydrogen-bond donors (Lipinski definition) is 3. The Morgan fingerprint density at radius 1 is 1.30 bits per heavy atom. The second-order valence-corrected chi connectivity index (χ2v) is 6.01. The van der Waals surface area contributed by atoms with Crippen LogP contribution in [-0.2, 0) is 0 Å². The number of thiocarbonyl (C=S) groups is 1. The average Bonchev–Trinajstić information content (AvgIpc) is 2.53. The first kappa shape index (κ1) is 17.2. The maximum atomic E-state index is 9.76. The number of halogens is 1. The zero-order chi connectivity index (χ0) is 16.8. The number of methoxy groups -OCH3 is 1. The first-order valence-corrected chi connectivity index (χ1v) is 7.93. The Morgan fingerprint density at radius 2 is 2.00 bits per heavy atom. The average molecular weight is 394 g/mol. The third-order valence-electron chi connectivity index (χ3n) is 2.96. The number of rotatable bonds is 4. The van der Waals surface area contributed by atoms with Gasteiger partial charge in [-0.3, -0.25) is 5.43 Å². The van der Waals surface area contributed by atoms with Gasteiger partial charge in [-0.1, -0.05) is 17.7 Å². The van der Waals surface area contributed by atoms with Crippen LogP contribution in [0.25, 0.3) is 0 Å². The van der Waals surface area contributed by atoms with Gasteiger partial charge in [0.15, 0.2) is 16.6 Å². The predicted octanol–water partition coefficient (Wildman–Crippen LogP) is 3.79. The molecule has 0 saturated heterocycles. The fourth-order valence-corrected chi connectivity index (χ4v) is 2.42. The van der Waals surface area contributed by atoms with Crippen molar-refractivity contribution in [2.75, 3.05) is 12.4 Å². The highest BCUT2D eigenvalue weighted by Crippen LogP contribution is 2.34. The van der Waals surface area contributed by atoms with Crippen LogP contribution in [0.2, 0.25) is 0 Å². The van der Waals surface area contributed by atoms with E-state index in [-0.39, 0.29) is 5.75 Å². The number of anilines is 1. The minimum Gasteiger partial charge on any atom is -0.503 e. The molecule has 0 aromatic heterocycles. The van der Waals surface area contributed by atoms with Gasteiger partial charge in [0.1, 0.15) is 0 Å². The summed E-state index contributed by atoms with van der Waals surface area (Å²) in [5.74, 6) is 0.412. The number of aromatic hydroxyl groups is 1. The Kier molecular flexibility index (Phi) is 5.95. The highest BCUT2D eigenvalue weighted by molar-refractivity contribution is 9.10. The van der Waals surface area contributed by atoms with E-state index in [1.807, 2.05) is 31.2 Å². The fourth-order valence-electron chi connectivity index (χ4n) is 1.79. The summed E-state index contributed by atoms with van der Waals surface area (Å²) >= 11 is 8.43. The third-order valence-corrected chi connectivity index (χ3v) is 3.76. The number of phenolic OH excluding ortho intramolecular Hbond substituents is 1. The van der Waals surface area contributed by atoms with Crippen molar-refractivity contribution in [3.8, 4) is 11.5 Å². The second kappa shape index (κ2) is 7.94. The lowest BCUT2D eigenvalue weighted by Gasteiger charge is -2.08. The normalized spacial score (nSPS) is 10.6. The van der Waals surface area contributed by atoms with Crippen molar-refractivity contribution in [3.05, 3.63) is 52.0 Å². The molecule has 2 aromatic carbocycles. The van der Waals surface area contributed by atoms with E-state index in [0.29, 0.717) is 15.3 Å². The minimum absolute atomic E-state index is 0.0502. The number of hydrogen-bond acceptors (Lipinski definition) is 4. The van der Waals surface area contributed by atoms with Crippen LogP contribution in [0.4, 0.5) is 5.69 Å².